The van der Waals surface area contributed by atoms with E-state index in [4.69, 9.17) is 16.6 Å². The zero-order valence-electron chi connectivity index (χ0n) is 15.6. The van der Waals surface area contributed by atoms with Crippen LogP contribution in [0.2, 0.25) is 5.02 Å². The molecule has 0 bridgehead atoms. The van der Waals surface area contributed by atoms with Gasteiger partial charge in [0.1, 0.15) is 5.82 Å². The van der Waals surface area contributed by atoms with Crippen LogP contribution in [0, 0.1) is 0 Å². The van der Waals surface area contributed by atoms with E-state index in [2.05, 4.69) is 49.8 Å². The quantitative estimate of drug-likeness (QED) is 0.292. The Morgan fingerprint density at radius 3 is 2.69 bits per heavy atom. The molecule has 1 aliphatic rings. The van der Waals surface area contributed by atoms with Gasteiger partial charge in [0.25, 0.3) is 0 Å². The van der Waals surface area contributed by atoms with Crippen molar-refractivity contribution in [2.24, 2.45) is 0 Å². The lowest BCUT2D eigenvalue weighted by Gasteiger charge is -2.07. The maximum absolute atomic E-state index is 5.97. The smallest absolute Gasteiger partial charge is 0.191 e. The fourth-order valence-electron chi connectivity index (χ4n) is 3.21. The summed E-state index contributed by atoms with van der Waals surface area (Å²) in [5.74, 6) is 1.90. The van der Waals surface area contributed by atoms with Gasteiger partial charge in [-0.1, -0.05) is 41.6 Å². The number of thiazole rings is 1. The second-order valence-electron chi connectivity index (χ2n) is 7.08. The van der Waals surface area contributed by atoms with Crippen LogP contribution in [0.1, 0.15) is 45.9 Å². The highest BCUT2D eigenvalue weighted by Gasteiger charge is 2.29. The van der Waals surface area contributed by atoms with Gasteiger partial charge in [0.15, 0.2) is 5.16 Å². The number of hydrogen-bond acceptors (Lipinski definition) is 6. The second kappa shape index (κ2) is 8.60. The van der Waals surface area contributed by atoms with Crippen molar-refractivity contribution in [3.8, 4) is 0 Å². The molecule has 1 saturated carbocycles. The molecular formula is C21H19ClN4S3. The van der Waals surface area contributed by atoms with Crippen LogP contribution in [0.4, 0.5) is 0 Å². The number of aromatic nitrogens is 4. The lowest BCUT2D eigenvalue weighted by Crippen LogP contribution is -2.03. The third-order valence-corrected chi connectivity index (χ3v) is 7.78. The Morgan fingerprint density at radius 2 is 1.93 bits per heavy atom. The molecule has 0 saturated heterocycles. The summed E-state index contributed by atoms with van der Waals surface area (Å²) >= 11 is 11.2. The van der Waals surface area contributed by atoms with Gasteiger partial charge in [0, 0.05) is 39.9 Å². The SMILES string of the molecule is Clc1ccc(Cc2nc(CSc3nnc(Cc4cccs4)n3C3CC3)cs2)cc1. The minimum atomic E-state index is 0.568. The van der Waals surface area contributed by atoms with E-state index in [0.717, 1.165) is 45.3 Å². The molecule has 0 spiro atoms. The molecule has 0 radical (unpaired) electrons. The van der Waals surface area contributed by atoms with E-state index in [1.54, 1.807) is 34.4 Å². The van der Waals surface area contributed by atoms with E-state index < -0.39 is 0 Å². The van der Waals surface area contributed by atoms with Crippen LogP contribution in [0.25, 0.3) is 0 Å². The van der Waals surface area contributed by atoms with Gasteiger partial charge in [-0.05, 0) is 42.0 Å². The van der Waals surface area contributed by atoms with Gasteiger partial charge in [-0.25, -0.2) is 4.98 Å². The third kappa shape index (κ3) is 4.74. The maximum Gasteiger partial charge on any atom is 0.191 e. The lowest BCUT2D eigenvalue weighted by molar-refractivity contribution is 0.635. The molecule has 0 aliphatic heterocycles. The first kappa shape index (κ1) is 19.3. The Labute approximate surface area is 187 Å². The average Bonchev–Trinajstić information content (AvgIpc) is 3.09. The Hall–Kier alpha value is -1.67. The first-order valence-corrected chi connectivity index (χ1v) is 12.6. The summed E-state index contributed by atoms with van der Waals surface area (Å²) in [6, 6.07) is 12.8. The van der Waals surface area contributed by atoms with Crippen molar-refractivity contribution in [1.82, 2.24) is 19.7 Å². The van der Waals surface area contributed by atoms with E-state index in [-0.39, 0.29) is 0 Å². The summed E-state index contributed by atoms with van der Waals surface area (Å²) in [5, 5.41) is 16.2. The minimum absolute atomic E-state index is 0.568. The molecule has 0 unspecified atom stereocenters. The highest BCUT2D eigenvalue weighted by Crippen LogP contribution is 2.39. The highest BCUT2D eigenvalue weighted by molar-refractivity contribution is 7.98. The molecule has 148 valence electrons. The molecule has 0 amide bonds. The number of thioether (sulfide) groups is 1. The molecular weight excluding hydrogens is 440 g/mol. The molecule has 1 aromatic carbocycles. The largest absolute Gasteiger partial charge is 0.303 e. The van der Waals surface area contributed by atoms with Crippen LogP contribution in [-0.2, 0) is 18.6 Å². The van der Waals surface area contributed by atoms with Gasteiger partial charge < -0.3 is 4.57 Å². The van der Waals surface area contributed by atoms with Crippen molar-refractivity contribution < 1.29 is 0 Å². The van der Waals surface area contributed by atoms with E-state index in [1.165, 1.54) is 23.3 Å². The Morgan fingerprint density at radius 1 is 1.07 bits per heavy atom. The topological polar surface area (TPSA) is 43.6 Å². The van der Waals surface area contributed by atoms with Gasteiger partial charge in [-0.2, -0.15) is 0 Å². The summed E-state index contributed by atoms with van der Waals surface area (Å²) in [6.45, 7) is 0. The fraction of sp³-hybridized carbons (Fsp3) is 0.286. The van der Waals surface area contributed by atoms with Crippen LogP contribution in [-0.4, -0.2) is 19.7 Å². The summed E-state index contributed by atoms with van der Waals surface area (Å²) in [5.41, 5.74) is 2.34. The molecule has 1 fully saturated rings. The minimum Gasteiger partial charge on any atom is -0.303 e. The number of benzene rings is 1. The zero-order valence-corrected chi connectivity index (χ0v) is 18.8. The van der Waals surface area contributed by atoms with E-state index in [0.29, 0.717) is 6.04 Å². The number of nitrogens with zero attached hydrogens (tertiary/aromatic N) is 4. The van der Waals surface area contributed by atoms with Crippen LogP contribution in [0.5, 0.6) is 0 Å². The predicted molar refractivity (Wildman–Crippen MR) is 121 cm³/mol. The van der Waals surface area contributed by atoms with Gasteiger partial charge in [-0.15, -0.1) is 32.9 Å². The monoisotopic (exact) mass is 458 g/mol. The lowest BCUT2D eigenvalue weighted by atomic mass is 10.2. The number of thiophene rings is 1. The second-order valence-corrected chi connectivity index (χ2v) is 10.4. The van der Waals surface area contributed by atoms with Crippen molar-refractivity contribution in [2.75, 3.05) is 0 Å². The van der Waals surface area contributed by atoms with Crippen LogP contribution in [0.15, 0.2) is 52.3 Å². The predicted octanol–water partition coefficient (Wildman–Crippen LogP) is 6.26. The average molecular weight is 459 g/mol. The standard InChI is InChI=1S/C21H19ClN4S3/c22-15-5-3-14(4-6-15)10-20-23-16(12-28-20)13-29-21-25-24-19(26(21)17-7-8-17)11-18-2-1-9-27-18/h1-6,9,12,17H,7-8,10-11,13H2. The Bertz CT molecular complexity index is 1080. The highest BCUT2D eigenvalue weighted by atomic mass is 35.5. The molecule has 1 aliphatic carbocycles. The van der Waals surface area contributed by atoms with Crippen molar-refractivity contribution in [3.05, 3.63) is 79.1 Å². The first-order chi connectivity index (χ1) is 14.2. The molecule has 4 aromatic rings. The normalized spacial score (nSPS) is 13.8. The van der Waals surface area contributed by atoms with Gasteiger partial charge in [0.2, 0.25) is 0 Å². The summed E-state index contributed by atoms with van der Waals surface area (Å²) in [6.07, 6.45) is 4.16. The van der Waals surface area contributed by atoms with Crippen molar-refractivity contribution in [2.45, 2.75) is 42.6 Å². The van der Waals surface area contributed by atoms with Gasteiger partial charge in [-0.3, -0.25) is 0 Å². The van der Waals surface area contributed by atoms with E-state index in [9.17, 15) is 0 Å². The summed E-state index contributed by atoms with van der Waals surface area (Å²) < 4.78 is 2.35. The van der Waals surface area contributed by atoms with Crippen molar-refractivity contribution in [3.63, 3.8) is 0 Å². The summed E-state index contributed by atoms with van der Waals surface area (Å²) in [7, 11) is 0. The van der Waals surface area contributed by atoms with Crippen molar-refractivity contribution in [1.29, 1.82) is 0 Å². The van der Waals surface area contributed by atoms with E-state index in [1.807, 2.05) is 12.1 Å². The molecule has 3 aromatic heterocycles. The molecule has 8 heteroatoms. The van der Waals surface area contributed by atoms with Gasteiger partial charge in [0.05, 0.1) is 10.7 Å². The Kier molecular flexibility index (Phi) is 5.72. The number of hydrogen-bond donors (Lipinski definition) is 0. The maximum atomic E-state index is 5.97. The van der Waals surface area contributed by atoms with Crippen LogP contribution < -0.4 is 0 Å². The fourth-order valence-corrected chi connectivity index (χ4v) is 5.88. The van der Waals surface area contributed by atoms with Crippen molar-refractivity contribution >= 4 is 46.0 Å². The van der Waals surface area contributed by atoms with Gasteiger partial charge >= 0.3 is 0 Å². The van der Waals surface area contributed by atoms with Crippen LogP contribution >= 0.6 is 46.0 Å². The number of halogens is 1. The summed E-state index contributed by atoms with van der Waals surface area (Å²) in [4.78, 5) is 6.15. The zero-order chi connectivity index (χ0) is 19.6. The molecule has 5 rings (SSSR count). The Balaban J connectivity index is 1.25. The molecule has 4 nitrogen and oxygen atoms in total. The molecule has 3 heterocycles. The van der Waals surface area contributed by atoms with E-state index >= 15 is 0 Å². The molecule has 29 heavy (non-hydrogen) atoms. The third-order valence-electron chi connectivity index (χ3n) is 4.78. The molecule has 0 N–H and O–H groups in total. The van der Waals surface area contributed by atoms with Crippen LogP contribution in [0.3, 0.4) is 0 Å². The number of rotatable bonds is 8. The molecule has 0 atom stereocenters. The first-order valence-electron chi connectivity index (χ1n) is 9.51.